The number of rotatable bonds is 4. The molecule has 1 aliphatic heterocycles. The van der Waals surface area contributed by atoms with Gasteiger partial charge in [0.2, 0.25) is 5.91 Å². The lowest BCUT2D eigenvalue weighted by molar-refractivity contribution is -0.127. The van der Waals surface area contributed by atoms with Gasteiger partial charge in [-0.2, -0.15) is 0 Å². The third-order valence-electron chi connectivity index (χ3n) is 3.83. The SMILES string of the molecule is O=C1CC(CO)CN1CCC1CCCC1. The summed E-state index contributed by atoms with van der Waals surface area (Å²) >= 11 is 0. The molecule has 15 heavy (non-hydrogen) atoms. The van der Waals surface area contributed by atoms with E-state index in [1.807, 2.05) is 4.90 Å². The van der Waals surface area contributed by atoms with Gasteiger partial charge in [0.15, 0.2) is 0 Å². The molecule has 0 spiro atoms. The molecule has 1 N–H and O–H groups in total. The van der Waals surface area contributed by atoms with Crippen molar-refractivity contribution in [2.45, 2.75) is 38.5 Å². The number of carbonyl (C=O) groups is 1. The van der Waals surface area contributed by atoms with Crippen LogP contribution in [0.15, 0.2) is 0 Å². The van der Waals surface area contributed by atoms with E-state index < -0.39 is 0 Å². The Balaban J connectivity index is 1.72. The minimum absolute atomic E-state index is 0.158. The quantitative estimate of drug-likeness (QED) is 0.763. The van der Waals surface area contributed by atoms with Crippen LogP contribution in [-0.2, 0) is 4.79 Å². The molecule has 1 saturated carbocycles. The molecule has 1 aliphatic carbocycles. The molecule has 1 atom stereocenters. The van der Waals surface area contributed by atoms with Gasteiger partial charge < -0.3 is 10.0 Å². The summed E-state index contributed by atoms with van der Waals surface area (Å²) in [5.74, 6) is 1.29. The fourth-order valence-electron chi connectivity index (χ4n) is 2.83. The van der Waals surface area contributed by atoms with Gasteiger partial charge >= 0.3 is 0 Å². The third-order valence-corrected chi connectivity index (χ3v) is 3.83. The van der Waals surface area contributed by atoms with Crippen LogP contribution < -0.4 is 0 Å². The summed E-state index contributed by atoms with van der Waals surface area (Å²) in [6, 6.07) is 0. The summed E-state index contributed by atoms with van der Waals surface area (Å²) < 4.78 is 0. The fourth-order valence-corrected chi connectivity index (χ4v) is 2.83. The molecular weight excluding hydrogens is 190 g/mol. The van der Waals surface area contributed by atoms with E-state index in [4.69, 9.17) is 5.11 Å². The highest BCUT2D eigenvalue weighted by Crippen LogP contribution is 2.28. The highest BCUT2D eigenvalue weighted by atomic mass is 16.3. The van der Waals surface area contributed by atoms with E-state index in [1.54, 1.807) is 0 Å². The lowest BCUT2D eigenvalue weighted by Crippen LogP contribution is -2.27. The number of nitrogens with zero attached hydrogens (tertiary/aromatic N) is 1. The summed E-state index contributed by atoms with van der Waals surface area (Å²) in [6.07, 6.45) is 7.18. The van der Waals surface area contributed by atoms with Gasteiger partial charge in [0.25, 0.3) is 0 Å². The number of hydrogen-bond donors (Lipinski definition) is 1. The van der Waals surface area contributed by atoms with Gasteiger partial charge in [0.05, 0.1) is 0 Å². The van der Waals surface area contributed by atoms with Gasteiger partial charge in [0.1, 0.15) is 0 Å². The van der Waals surface area contributed by atoms with Crippen LogP contribution in [-0.4, -0.2) is 35.6 Å². The molecule has 1 heterocycles. The first kappa shape index (κ1) is 10.9. The van der Waals surface area contributed by atoms with Crippen molar-refractivity contribution in [2.24, 2.45) is 11.8 Å². The van der Waals surface area contributed by atoms with Crippen molar-refractivity contribution in [3.05, 3.63) is 0 Å². The molecule has 3 nitrogen and oxygen atoms in total. The zero-order valence-electron chi connectivity index (χ0n) is 9.32. The standard InChI is InChI=1S/C12H21NO2/c14-9-11-7-12(15)13(8-11)6-5-10-3-1-2-4-10/h10-11,14H,1-9H2. The second-order valence-corrected chi connectivity index (χ2v) is 5.03. The summed E-state index contributed by atoms with van der Waals surface area (Å²) in [5.41, 5.74) is 0. The molecule has 2 rings (SSSR count). The normalized spacial score (nSPS) is 27.9. The Morgan fingerprint density at radius 1 is 1.27 bits per heavy atom. The molecule has 2 aliphatic rings. The van der Waals surface area contributed by atoms with Crippen molar-refractivity contribution >= 4 is 5.91 Å². The molecule has 0 radical (unpaired) electrons. The Bertz CT molecular complexity index is 224. The van der Waals surface area contributed by atoms with Crippen molar-refractivity contribution in [1.82, 2.24) is 4.90 Å². The largest absolute Gasteiger partial charge is 0.396 e. The molecule has 2 fully saturated rings. The molecule has 0 aromatic heterocycles. The second-order valence-electron chi connectivity index (χ2n) is 5.03. The van der Waals surface area contributed by atoms with Gasteiger partial charge in [0, 0.05) is 32.0 Å². The minimum Gasteiger partial charge on any atom is -0.396 e. The van der Waals surface area contributed by atoms with Gasteiger partial charge in [-0.15, -0.1) is 0 Å². The second kappa shape index (κ2) is 4.97. The van der Waals surface area contributed by atoms with Crippen LogP contribution >= 0.6 is 0 Å². The Hall–Kier alpha value is -0.570. The van der Waals surface area contributed by atoms with E-state index in [-0.39, 0.29) is 18.4 Å². The number of aliphatic hydroxyl groups excluding tert-OH is 1. The van der Waals surface area contributed by atoms with E-state index in [2.05, 4.69) is 0 Å². The smallest absolute Gasteiger partial charge is 0.223 e. The van der Waals surface area contributed by atoms with Crippen LogP contribution in [0.5, 0.6) is 0 Å². The van der Waals surface area contributed by atoms with Gasteiger partial charge in [-0.1, -0.05) is 25.7 Å². The fraction of sp³-hybridized carbons (Fsp3) is 0.917. The lowest BCUT2D eigenvalue weighted by atomic mass is 10.0. The highest BCUT2D eigenvalue weighted by molar-refractivity contribution is 5.78. The summed E-state index contributed by atoms with van der Waals surface area (Å²) in [7, 11) is 0. The topological polar surface area (TPSA) is 40.5 Å². The summed E-state index contributed by atoms with van der Waals surface area (Å²) in [5, 5.41) is 9.00. The first-order chi connectivity index (χ1) is 7.29. The number of carbonyl (C=O) groups excluding carboxylic acids is 1. The Morgan fingerprint density at radius 3 is 2.60 bits per heavy atom. The number of aliphatic hydroxyl groups is 1. The van der Waals surface area contributed by atoms with Gasteiger partial charge in [-0.3, -0.25) is 4.79 Å². The van der Waals surface area contributed by atoms with E-state index in [0.717, 1.165) is 19.0 Å². The number of likely N-dealkylation sites (tertiary alicyclic amines) is 1. The van der Waals surface area contributed by atoms with E-state index in [1.165, 1.54) is 32.1 Å². The predicted octanol–water partition coefficient (Wildman–Crippen LogP) is 1.41. The van der Waals surface area contributed by atoms with Crippen LogP contribution in [0.2, 0.25) is 0 Å². The monoisotopic (exact) mass is 211 g/mol. The molecule has 1 saturated heterocycles. The molecule has 0 bridgehead atoms. The molecule has 3 heteroatoms. The van der Waals surface area contributed by atoms with Crippen LogP contribution in [0.3, 0.4) is 0 Å². The van der Waals surface area contributed by atoms with E-state index in [0.29, 0.717) is 6.42 Å². The summed E-state index contributed by atoms with van der Waals surface area (Å²) in [6.45, 7) is 1.85. The molecule has 1 amide bonds. The van der Waals surface area contributed by atoms with Crippen molar-refractivity contribution in [3.63, 3.8) is 0 Å². The third kappa shape index (κ3) is 2.71. The Kier molecular flexibility index (Phi) is 3.62. The number of amides is 1. The van der Waals surface area contributed by atoms with Crippen molar-refractivity contribution in [1.29, 1.82) is 0 Å². The maximum absolute atomic E-state index is 11.6. The average Bonchev–Trinajstić information content (AvgIpc) is 2.84. The first-order valence-corrected chi connectivity index (χ1v) is 6.18. The molecule has 0 aromatic rings. The highest BCUT2D eigenvalue weighted by Gasteiger charge is 2.29. The van der Waals surface area contributed by atoms with Gasteiger partial charge in [-0.05, 0) is 12.3 Å². The van der Waals surface area contributed by atoms with Crippen LogP contribution in [0.25, 0.3) is 0 Å². The molecule has 0 aromatic carbocycles. The zero-order chi connectivity index (χ0) is 10.7. The average molecular weight is 211 g/mol. The Labute approximate surface area is 91.5 Å². The van der Waals surface area contributed by atoms with Crippen LogP contribution in [0.1, 0.15) is 38.5 Å². The maximum Gasteiger partial charge on any atom is 0.223 e. The van der Waals surface area contributed by atoms with Crippen LogP contribution in [0.4, 0.5) is 0 Å². The lowest BCUT2D eigenvalue weighted by Gasteiger charge is -2.18. The molecule has 1 unspecified atom stereocenters. The Morgan fingerprint density at radius 2 is 2.00 bits per heavy atom. The zero-order valence-corrected chi connectivity index (χ0v) is 9.32. The van der Waals surface area contributed by atoms with Gasteiger partial charge in [-0.25, -0.2) is 0 Å². The van der Waals surface area contributed by atoms with Crippen molar-refractivity contribution < 1.29 is 9.90 Å². The summed E-state index contributed by atoms with van der Waals surface area (Å²) in [4.78, 5) is 13.5. The predicted molar refractivity (Wildman–Crippen MR) is 58.3 cm³/mol. The van der Waals surface area contributed by atoms with E-state index in [9.17, 15) is 4.79 Å². The minimum atomic E-state index is 0.158. The first-order valence-electron chi connectivity index (χ1n) is 6.18. The van der Waals surface area contributed by atoms with Crippen molar-refractivity contribution in [2.75, 3.05) is 19.7 Å². The van der Waals surface area contributed by atoms with Crippen molar-refractivity contribution in [3.8, 4) is 0 Å². The maximum atomic E-state index is 11.6. The molecule has 86 valence electrons. The number of hydrogen-bond acceptors (Lipinski definition) is 2. The van der Waals surface area contributed by atoms with E-state index >= 15 is 0 Å². The molecular formula is C12H21NO2. The van der Waals surface area contributed by atoms with Crippen LogP contribution in [0, 0.1) is 11.8 Å².